The maximum absolute atomic E-state index is 9.00. The van der Waals surface area contributed by atoms with Crippen molar-refractivity contribution in [1.82, 2.24) is 0 Å². The molecule has 0 unspecified atom stereocenters. The predicted octanol–water partition coefficient (Wildman–Crippen LogP) is 0.520. The summed E-state index contributed by atoms with van der Waals surface area (Å²) in [7, 11) is -1.58. The molecule has 2 nitrogen and oxygen atoms in total. The average molecular weight is 173 g/mol. The van der Waals surface area contributed by atoms with Crippen molar-refractivity contribution in [2.24, 2.45) is 0 Å². The van der Waals surface area contributed by atoms with Gasteiger partial charge < -0.3 is 10.0 Å². The fourth-order valence-electron chi connectivity index (χ4n) is 1.28. The smallest absolute Gasteiger partial charge is 0.423 e. The Kier molecular flexibility index (Phi) is 1.76. The van der Waals surface area contributed by atoms with Gasteiger partial charge in [-0.25, -0.2) is 0 Å². The van der Waals surface area contributed by atoms with E-state index in [9.17, 15) is 0 Å². The van der Waals surface area contributed by atoms with Crippen LogP contribution in [0.25, 0.3) is 10.8 Å². The summed E-state index contributed by atoms with van der Waals surface area (Å²) in [6, 6.07) is 10.9. The maximum atomic E-state index is 9.00. The first-order valence-corrected chi connectivity index (χ1v) is 4.04. The van der Waals surface area contributed by atoms with Crippen LogP contribution in [-0.2, 0) is 0 Å². The van der Waals surface area contributed by atoms with Crippen LogP contribution in [0.2, 0.25) is 0 Å². The van der Waals surface area contributed by atoms with Gasteiger partial charge in [0, 0.05) is 0 Å². The molecular formula is C10H9BO2. The summed E-state index contributed by atoms with van der Waals surface area (Å²) in [6.45, 7) is 0. The predicted molar refractivity (Wildman–Crippen MR) is 53.8 cm³/mol. The van der Waals surface area contributed by atoms with E-state index in [1.165, 1.54) is 0 Å². The van der Waals surface area contributed by atoms with Crippen molar-refractivity contribution in [3.8, 4) is 0 Å². The van der Waals surface area contributed by atoms with E-state index in [2.05, 4.69) is 0 Å². The third kappa shape index (κ3) is 1.57. The first-order valence-electron chi connectivity index (χ1n) is 4.54. The lowest BCUT2D eigenvalue weighted by molar-refractivity contribution is 0.426. The molecule has 0 fully saturated rings. The Morgan fingerprint density at radius 1 is 1.00 bits per heavy atom. The zero-order chi connectivity index (χ0) is 10.1. The maximum Gasteiger partial charge on any atom is 0.488 e. The second kappa shape index (κ2) is 3.20. The zero-order valence-electron chi connectivity index (χ0n) is 7.94. The molecule has 0 aliphatic rings. The number of rotatable bonds is 1. The summed E-state index contributed by atoms with van der Waals surface area (Å²) in [6.07, 6.45) is 0. The summed E-state index contributed by atoms with van der Waals surface area (Å²) in [5.74, 6) is 0. The van der Waals surface area contributed by atoms with Crippen molar-refractivity contribution < 1.29 is 11.4 Å². The highest BCUT2D eigenvalue weighted by atomic mass is 16.4. The van der Waals surface area contributed by atoms with E-state index < -0.39 is 7.12 Å². The minimum Gasteiger partial charge on any atom is -0.423 e. The molecular weight excluding hydrogens is 163 g/mol. The minimum atomic E-state index is -1.58. The molecule has 0 saturated heterocycles. The van der Waals surface area contributed by atoms with E-state index in [-0.39, 0.29) is 11.5 Å². The Morgan fingerprint density at radius 3 is 2.38 bits per heavy atom. The second-order valence-corrected chi connectivity index (χ2v) is 2.87. The van der Waals surface area contributed by atoms with Crippen molar-refractivity contribution in [2.75, 3.05) is 0 Å². The van der Waals surface area contributed by atoms with Crippen molar-refractivity contribution >= 4 is 23.4 Å². The molecule has 0 aliphatic heterocycles. The number of fused-ring (bicyclic) bond motifs is 1. The number of hydrogen-bond donors (Lipinski definition) is 2. The van der Waals surface area contributed by atoms with E-state index in [0.29, 0.717) is 0 Å². The van der Waals surface area contributed by atoms with Gasteiger partial charge in [0.15, 0.2) is 0 Å². The largest absolute Gasteiger partial charge is 0.488 e. The molecule has 0 aliphatic carbocycles. The van der Waals surface area contributed by atoms with Crippen LogP contribution in [-0.4, -0.2) is 17.2 Å². The van der Waals surface area contributed by atoms with Gasteiger partial charge in [0.1, 0.15) is 0 Å². The van der Waals surface area contributed by atoms with Gasteiger partial charge in [-0.1, -0.05) is 42.4 Å². The van der Waals surface area contributed by atoms with Gasteiger partial charge in [0.25, 0.3) is 0 Å². The molecule has 0 heterocycles. The van der Waals surface area contributed by atoms with Crippen LogP contribution >= 0.6 is 0 Å². The van der Waals surface area contributed by atoms with Crippen LogP contribution in [0.4, 0.5) is 0 Å². The van der Waals surface area contributed by atoms with Crippen molar-refractivity contribution in [2.45, 2.75) is 0 Å². The first-order chi connectivity index (χ1) is 6.70. The van der Waals surface area contributed by atoms with Crippen LogP contribution in [0, 0.1) is 0 Å². The van der Waals surface area contributed by atoms with E-state index in [4.69, 9.17) is 11.4 Å². The Morgan fingerprint density at radius 2 is 1.69 bits per heavy atom. The Balaban J connectivity index is 2.75. The number of benzene rings is 2. The average Bonchev–Trinajstić information content (AvgIpc) is 2.18. The molecule has 0 spiro atoms. The molecule has 0 amide bonds. The van der Waals surface area contributed by atoms with E-state index in [1.807, 2.05) is 18.2 Å². The molecule has 13 heavy (non-hydrogen) atoms. The van der Waals surface area contributed by atoms with Gasteiger partial charge >= 0.3 is 7.12 Å². The molecule has 2 N–H and O–H groups in total. The quantitative estimate of drug-likeness (QED) is 0.617. The van der Waals surface area contributed by atoms with Gasteiger partial charge in [0.2, 0.25) is 0 Å². The van der Waals surface area contributed by atoms with Gasteiger partial charge in [-0.2, -0.15) is 0 Å². The monoisotopic (exact) mass is 173 g/mol. The highest BCUT2D eigenvalue weighted by Crippen LogP contribution is 2.10. The van der Waals surface area contributed by atoms with Crippen molar-refractivity contribution in [1.29, 1.82) is 0 Å². The van der Waals surface area contributed by atoms with Gasteiger partial charge in [-0.15, -0.1) is 0 Å². The third-order valence-corrected chi connectivity index (χ3v) is 1.96. The number of hydrogen-bond acceptors (Lipinski definition) is 2. The highest BCUT2D eigenvalue weighted by Gasteiger charge is 2.09. The summed E-state index contributed by atoms with van der Waals surface area (Å²) in [5, 5.41) is 19.7. The molecule has 64 valence electrons. The summed E-state index contributed by atoms with van der Waals surface area (Å²) < 4.78 is 7.75. The van der Waals surface area contributed by atoms with E-state index in [1.54, 1.807) is 18.2 Å². The highest BCUT2D eigenvalue weighted by molar-refractivity contribution is 6.58. The van der Waals surface area contributed by atoms with Gasteiger partial charge in [0.05, 0.1) is 1.37 Å². The SMILES string of the molecule is [2H]c1c(B(O)O)ccc2ccccc12. The lowest BCUT2D eigenvalue weighted by atomic mass is 9.79. The van der Waals surface area contributed by atoms with E-state index >= 15 is 0 Å². The summed E-state index contributed by atoms with van der Waals surface area (Å²) in [4.78, 5) is 0. The normalized spacial score (nSPS) is 11.4. The van der Waals surface area contributed by atoms with Crippen LogP contribution < -0.4 is 5.46 Å². The van der Waals surface area contributed by atoms with E-state index in [0.717, 1.165) is 10.8 Å². The zero-order valence-corrected chi connectivity index (χ0v) is 6.94. The van der Waals surface area contributed by atoms with Gasteiger partial charge in [-0.3, -0.25) is 0 Å². The Hall–Kier alpha value is -1.32. The van der Waals surface area contributed by atoms with Crippen molar-refractivity contribution in [3.63, 3.8) is 0 Å². The third-order valence-electron chi connectivity index (χ3n) is 1.96. The molecule has 2 aromatic rings. The molecule has 0 radical (unpaired) electrons. The first kappa shape index (κ1) is 7.12. The Bertz CT molecular complexity index is 471. The van der Waals surface area contributed by atoms with Crippen LogP contribution in [0.1, 0.15) is 1.37 Å². The summed E-state index contributed by atoms with van der Waals surface area (Å²) >= 11 is 0. The van der Waals surface area contributed by atoms with Crippen LogP contribution in [0.5, 0.6) is 0 Å². The molecule has 0 atom stereocenters. The summed E-state index contributed by atoms with van der Waals surface area (Å²) in [5.41, 5.74) is 0.240. The van der Waals surface area contributed by atoms with Gasteiger partial charge in [-0.05, 0) is 16.2 Å². The molecule has 0 bridgehead atoms. The molecule has 2 rings (SSSR count). The fraction of sp³-hybridized carbons (Fsp3) is 0. The Labute approximate surface area is 78.0 Å². The van der Waals surface area contributed by atoms with Crippen LogP contribution in [0.3, 0.4) is 0 Å². The molecule has 0 saturated carbocycles. The van der Waals surface area contributed by atoms with Crippen LogP contribution in [0.15, 0.2) is 42.4 Å². The second-order valence-electron chi connectivity index (χ2n) is 2.87. The lowest BCUT2D eigenvalue weighted by Crippen LogP contribution is -2.29. The standard InChI is InChI=1S/C10H9BO2/c12-11(13)10-6-5-8-3-1-2-4-9(8)7-10/h1-7,12-13H/i7D. The lowest BCUT2D eigenvalue weighted by Gasteiger charge is -2.01. The van der Waals surface area contributed by atoms with Crippen molar-refractivity contribution in [3.05, 3.63) is 42.4 Å². The molecule has 2 aromatic carbocycles. The molecule has 0 aromatic heterocycles. The molecule has 3 heteroatoms. The fourth-order valence-corrected chi connectivity index (χ4v) is 1.28. The minimum absolute atomic E-state index is 0.179. The topological polar surface area (TPSA) is 40.5 Å².